The Hall–Kier alpha value is -2.51. The van der Waals surface area contributed by atoms with Gasteiger partial charge in [-0.2, -0.15) is 13.9 Å². The van der Waals surface area contributed by atoms with Crippen molar-refractivity contribution in [2.45, 2.75) is 40.0 Å². The van der Waals surface area contributed by atoms with Crippen LogP contribution in [-0.2, 0) is 6.54 Å². The summed E-state index contributed by atoms with van der Waals surface area (Å²) in [5.41, 5.74) is 0.732. The van der Waals surface area contributed by atoms with Gasteiger partial charge in [-0.15, -0.1) is 0 Å². The van der Waals surface area contributed by atoms with Gasteiger partial charge in [0.25, 0.3) is 5.91 Å². The first-order chi connectivity index (χ1) is 11.3. The first kappa shape index (κ1) is 17.8. The molecule has 0 aliphatic carbocycles. The van der Waals surface area contributed by atoms with Crippen molar-refractivity contribution >= 4 is 5.91 Å². The fourth-order valence-electron chi connectivity index (χ4n) is 2.15. The molecule has 1 amide bonds. The Morgan fingerprint density at radius 3 is 2.67 bits per heavy atom. The summed E-state index contributed by atoms with van der Waals surface area (Å²) in [6, 6.07) is 3.68. The molecule has 0 atom stereocenters. The number of carbonyl (C=O) groups excluding carboxylic acids is 1. The predicted molar refractivity (Wildman–Crippen MR) is 81.6 cm³/mol. The molecule has 0 fully saturated rings. The molecule has 1 aromatic heterocycles. The van der Waals surface area contributed by atoms with Gasteiger partial charge in [0, 0.05) is 24.3 Å². The molecule has 1 heterocycles. The van der Waals surface area contributed by atoms with Crippen LogP contribution in [-0.4, -0.2) is 22.3 Å². The van der Waals surface area contributed by atoms with E-state index in [0.29, 0.717) is 11.3 Å². The molecular weight excluding hydrogens is 323 g/mol. The number of benzene rings is 1. The first-order valence-electron chi connectivity index (χ1n) is 7.35. The number of amides is 1. The molecule has 1 aromatic carbocycles. The predicted octanol–water partition coefficient (Wildman–Crippen LogP) is 3.44. The first-order valence-corrected chi connectivity index (χ1v) is 7.35. The van der Waals surface area contributed by atoms with Gasteiger partial charge < -0.3 is 10.1 Å². The molecule has 0 unspecified atom stereocenters. The van der Waals surface area contributed by atoms with Crippen molar-refractivity contribution in [2.75, 3.05) is 0 Å². The van der Waals surface area contributed by atoms with Gasteiger partial charge in [0.2, 0.25) is 0 Å². The van der Waals surface area contributed by atoms with Crippen molar-refractivity contribution in [1.29, 1.82) is 0 Å². The van der Waals surface area contributed by atoms with Crippen LogP contribution in [0.15, 0.2) is 24.4 Å². The molecule has 0 spiro atoms. The number of nitrogens with one attached hydrogen (secondary N) is 1. The molecule has 0 saturated carbocycles. The summed E-state index contributed by atoms with van der Waals surface area (Å²) in [6.07, 6.45) is 1.59. The number of aryl methyl sites for hydroxylation is 1. The van der Waals surface area contributed by atoms with E-state index in [-0.39, 0.29) is 23.9 Å². The minimum atomic E-state index is -3.08. The van der Waals surface area contributed by atoms with Gasteiger partial charge in [-0.05, 0) is 32.9 Å². The Balaban J connectivity index is 2.15. The second kappa shape index (κ2) is 7.37. The lowest BCUT2D eigenvalue weighted by atomic mass is 10.1. The topological polar surface area (TPSA) is 56.2 Å². The van der Waals surface area contributed by atoms with Gasteiger partial charge in [0.15, 0.2) is 0 Å². The van der Waals surface area contributed by atoms with E-state index < -0.39 is 18.3 Å². The molecule has 130 valence electrons. The van der Waals surface area contributed by atoms with Gasteiger partial charge >= 0.3 is 6.61 Å². The lowest BCUT2D eigenvalue weighted by molar-refractivity contribution is -0.0506. The van der Waals surface area contributed by atoms with Crippen LogP contribution in [0.5, 0.6) is 5.75 Å². The standard InChI is InChI=1S/C16H18F3N3O2/c1-9(2)22-8-12(10(3)21-22)15(23)20-7-11-13(17)5-4-6-14(11)24-16(18)19/h4-6,8-9,16H,7H2,1-3H3,(H,20,23). The summed E-state index contributed by atoms with van der Waals surface area (Å²) in [4.78, 5) is 12.2. The fraction of sp³-hybridized carbons (Fsp3) is 0.375. The highest BCUT2D eigenvalue weighted by atomic mass is 19.3. The SMILES string of the molecule is Cc1nn(C(C)C)cc1C(=O)NCc1c(F)cccc1OC(F)F. The molecule has 24 heavy (non-hydrogen) atoms. The number of nitrogens with zero attached hydrogens (tertiary/aromatic N) is 2. The average molecular weight is 341 g/mol. The number of hydrogen-bond acceptors (Lipinski definition) is 3. The van der Waals surface area contributed by atoms with Crippen molar-refractivity contribution in [2.24, 2.45) is 0 Å². The van der Waals surface area contributed by atoms with E-state index in [4.69, 9.17) is 0 Å². The zero-order chi connectivity index (χ0) is 17.9. The lowest BCUT2D eigenvalue weighted by Crippen LogP contribution is -2.24. The number of aromatic nitrogens is 2. The Kier molecular flexibility index (Phi) is 5.48. The van der Waals surface area contributed by atoms with E-state index in [2.05, 4.69) is 15.2 Å². The number of ether oxygens (including phenoxy) is 1. The van der Waals surface area contributed by atoms with Crippen LogP contribution in [0.2, 0.25) is 0 Å². The van der Waals surface area contributed by atoms with Crippen molar-refractivity contribution in [3.63, 3.8) is 0 Å². The third kappa shape index (κ3) is 4.06. The Morgan fingerprint density at radius 1 is 1.38 bits per heavy atom. The van der Waals surface area contributed by atoms with Gasteiger partial charge in [0.05, 0.1) is 11.3 Å². The van der Waals surface area contributed by atoms with Gasteiger partial charge in [0.1, 0.15) is 11.6 Å². The molecule has 0 aliphatic heterocycles. The van der Waals surface area contributed by atoms with Crippen molar-refractivity contribution < 1.29 is 22.7 Å². The highest BCUT2D eigenvalue weighted by Crippen LogP contribution is 2.23. The Bertz CT molecular complexity index is 729. The van der Waals surface area contributed by atoms with Crippen LogP contribution in [0.4, 0.5) is 13.2 Å². The van der Waals surface area contributed by atoms with E-state index in [9.17, 15) is 18.0 Å². The highest BCUT2D eigenvalue weighted by molar-refractivity contribution is 5.95. The summed E-state index contributed by atoms with van der Waals surface area (Å²) < 4.78 is 44.5. The molecule has 1 N–H and O–H groups in total. The second-order valence-corrected chi connectivity index (χ2v) is 5.48. The minimum Gasteiger partial charge on any atom is -0.434 e. The molecule has 0 radical (unpaired) electrons. The number of rotatable bonds is 6. The smallest absolute Gasteiger partial charge is 0.387 e. The van der Waals surface area contributed by atoms with E-state index in [0.717, 1.165) is 6.07 Å². The molecule has 5 nitrogen and oxygen atoms in total. The van der Waals surface area contributed by atoms with Crippen molar-refractivity contribution in [3.8, 4) is 5.75 Å². The molecule has 0 saturated heterocycles. The van der Waals surface area contributed by atoms with Crippen LogP contribution in [0, 0.1) is 12.7 Å². The molecule has 8 heteroatoms. The summed E-state index contributed by atoms with van der Waals surface area (Å²) in [5.74, 6) is -1.51. The second-order valence-electron chi connectivity index (χ2n) is 5.48. The Morgan fingerprint density at radius 2 is 2.08 bits per heavy atom. The van der Waals surface area contributed by atoms with Crippen LogP contribution < -0.4 is 10.1 Å². The van der Waals surface area contributed by atoms with Crippen LogP contribution in [0.3, 0.4) is 0 Å². The number of alkyl halides is 2. The zero-order valence-corrected chi connectivity index (χ0v) is 13.5. The average Bonchev–Trinajstić information content (AvgIpc) is 2.88. The quantitative estimate of drug-likeness (QED) is 0.876. The van der Waals surface area contributed by atoms with Crippen molar-refractivity contribution in [1.82, 2.24) is 15.1 Å². The van der Waals surface area contributed by atoms with Gasteiger partial charge in [-0.1, -0.05) is 6.07 Å². The number of halogens is 3. The summed E-state index contributed by atoms with van der Waals surface area (Å²) in [6.45, 7) is 2.16. The number of carbonyl (C=O) groups is 1. The maximum absolute atomic E-state index is 13.8. The zero-order valence-electron chi connectivity index (χ0n) is 13.5. The summed E-state index contributed by atoms with van der Waals surface area (Å²) >= 11 is 0. The van der Waals surface area contributed by atoms with Crippen LogP contribution in [0.1, 0.15) is 41.5 Å². The lowest BCUT2D eigenvalue weighted by Gasteiger charge is -2.12. The third-order valence-electron chi connectivity index (χ3n) is 3.41. The van der Waals surface area contributed by atoms with Crippen molar-refractivity contribution in [3.05, 3.63) is 47.0 Å². The molecule has 0 aliphatic rings. The molecule has 2 rings (SSSR count). The summed E-state index contributed by atoms with van der Waals surface area (Å²) in [5, 5.41) is 6.72. The van der Waals surface area contributed by atoms with E-state index in [1.54, 1.807) is 17.8 Å². The molecule has 2 aromatic rings. The van der Waals surface area contributed by atoms with Crippen LogP contribution >= 0.6 is 0 Å². The Labute approximate surface area is 137 Å². The van der Waals surface area contributed by atoms with E-state index in [1.165, 1.54) is 12.1 Å². The molecular formula is C16H18F3N3O2. The molecule has 0 bridgehead atoms. The maximum atomic E-state index is 13.8. The minimum absolute atomic E-state index is 0.0860. The van der Waals surface area contributed by atoms with Gasteiger partial charge in [-0.25, -0.2) is 4.39 Å². The van der Waals surface area contributed by atoms with E-state index >= 15 is 0 Å². The summed E-state index contributed by atoms with van der Waals surface area (Å²) in [7, 11) is 0. The van der Waals surface area contributed by atoms with Crippen LogP contribution in [0.25, 0.3) is 0 Å². The largest absolute Gasteiger partial charge is 0.434 e. The normalized spacial score (nSPS) is 11.2. The highest BCUT2D eigenvalue weighted by Gasteiger charge is 2.17. The van der Waals surface area contributed by atoms with E-state index in [1.807, 2.05) is 13.8 Å². The van der Waals surface area contributed by atoms with Gasteiger partial charge in [-0.3, -0.25) is 9.48 Å². The maximum Gasteiger partial charge on any atom is 0.387 e. The monoisotopic (exact) mass is 341 g/mol. The fourth-order valence-corrected chi connectivity index (χ4v) is 2.15. The number of hydrogen-bond donors (Lipinski definition) is 1. The third-order valence-corrected chi connectivity index (χ3v) is 3.41.